The van der Waals surface area contributed by atoms with Crippen LogP contribution in [-0.4, -0.2) is 28.3 Å². The molecule has 0 aliphatic carbocycles. The van der Waals surface area contributed by atoms with Gasteiger partial charge in [-0.25, -0.2) is 4.98 Å². The molecule has 1 N–H and O–H groups in total. The SMILES string of the molecule is COc1cccc(-n2c(SCC(=O)NC(C)c3ccccc3)nc3ccccc3c2=O)c1. The molecule has 32 heavy (non-hydrogen) atoms. The number of nitrogens with one attached hydrogen (secondary N) is 1. The topological polar surface area (TPSA) is 73.2 Å². The van der Waals surface area contributed by atoms with Crippen molar-refractivity contribution in [3.05, 3.63) is 94.8 Å². The molecule has 1 unspecified atom stereocenters. The van der Waals surface area contributed by atoms with E-state index in [9.17, 15) is 9.59 Å². The summed E-state index contributed by atoms with van der Waals surface area (Å²) in [5.41, 5.74) is 2.07. The molecule has 0 saturated heterocycles. The summed E-state index contributed by atoms with van der Waals surface area (Å²) >= 11 is 1.23. The predicted octanol–water partition coefficient (Wildman–Crippen LogP) is 4.36. The average Bonchev–Trinajstić information content (AvgIpc) is 2.83. The highest BCUT2D eigenvalue weighted by Gasteiger charge is 2.16. The number of carbonyl (C=O) groups excluding carboxylic acids is 1. The van der Waals surface area contributed by atoms with Crippen LogP contribution in [0.5, 0.6) is 5.75 Å². The Morgan fingerprint density at radius 1 is 1.06 bits per heavy atom. The lowest BCUT2D eigenvalue weighted by Crippen LogP contribution is -2.29. The molecule has 0 fully saturated rings. The lowest BCUT2D eigenvalue weighted by molar-refractivity contribution is -0.119. The van der Waals surface area contributed by atoms with Crippen molar-refractivity contribution in [2.75, 3.05) is 12.9 Å². The molecule has 0 aliphatic rings. The van der Waals surface area contributed by atoms with Gasteiger partial charge in [0.2, 0.25) is 5.91 Å². The van der Waals surface area contributed by atoms with Gasteiger partial charge < -0.3 is 10.1 Å². The van der Waals surface area contributed by atoms with Crippen LogP contribution in [0.2, 0.25) is 0 Å². The minimum atomic E-state index is -0.190. The monoisotopic (exact) mass is 445 g/mol. The van der Waals surface area contributed by atoms with Gasteiger partial charge in [-0.05, 0) is 36.8 Å². The van der Waals surface area contributed by atoms with Gasteiger partial charge in [0.25, 0.3) is 5.56 Å². The van der Waals surface area contributed by atoms with E-state index in [0.717, 1.165) is 5.56 Å². The Morgan fingerprint density at radius 2 is 1.81 bits per heavy atom. The Hall–Kier alpha value is -3.58. The van der Waals surface area contributed by atoms with E-state index in [-0.39, 0.29) is 23.3 Å². The van der Waals surface area contributed by atoms with E-state index in [4.69, 9.17) is 4.74 Å². The Labute approximate surface area is 190 Å². The third-order valence-electron chi connectivity index (χ3n) is 5.07. The molecular formula is C25H23N3O3S. The Morgan fingerprint density at radius 3 is 2.59 bits per heavy atom. The average molecular weight is 446 g/mol. The van der Waals surface area contributed by atoms with E-state index in [2.05, 4.69) is 10.3 Å². The molecule has 7 heteroatoms. The maximum absolute atomic E-state index is 13.3. The number of carbonyl (C=O) groups is 1. The maximum Gasteiger partial charge on any atom is 0.266 e. The number of thioether (sulfide) groups is 1. The van der Waals surface area contributed by atoms with Gasteiger partial charge >= 0.3 is 0 Å². The van der Waals surface area contributed by atoms with Gasteiger partial charge in [-0.15, -0.1) is 0 Å². The number of ether oxygens (including phenoxy) is 1. The normalized spacial score (nSPS) is 11.8. The fourth-order valence-corrected chi connectivity index (χ4v) is 4.25. The summed E-state index contributed by atoms with van der Waals surface area (Å²) in [4.78, 5) is 30.6. The van der Waals surface area contributed by atoms with Gasteiger partial charge in [0.05, 0.1) is 35.5 Å². The molecule has 3 aromatic carbocycles. The van der Waals surface area contributed by atoms with Crippen LogP contribution in [0, 0.1) is 0 Å². The van der Waals surface area contributed by atoms with Crippen molar-refractivity contribution in [1.29, 1.82) is 0 Å². The third-order valence-corrected chi connectivity index (χ3v) is 6.00. The molecule has 0 spiro atoms. The van der Waals surface area contributed by atoms with E-state index >= 15 is 0 Å². The summed E-state index contributed by atoms with van der Waals surface area (Å²) < 4.78 is 6.85. The molecule has 4 rings (SSSR count). The van der Waals surface area contributed by atoms with Gasteiger partial charge in [-0.1, -0.05) is 60.3 Å². The maximum atomic E-state index is 13.3. The Kier molecular flexibility index (Phi) is 6.56. The van der Waals surface area contributed by atoms with Gasteiger partial charge in [-0.3, -0.25) is 14.2 Å². The largest absolute Gasteiger partial charge is 0.497 e. The first-order valence-corrected chi connectivity index (χ1v) is 11.2. The number of rotatable bonds is 7. The molecular weight excluding hydrogens is 422 g/mol. The number of benzene rings is 3. The second-order valence-electron chi connectivity index (χ2n) is 7.24. The summed E-state index contributed by atoms with van der Waals surface area (Å²) in [6.45, 7) is 1.94. The number of fused-ring (bicyclic) bond motifs is 1. The molecule has 1 heterocycles. The van der Waals surface area contributed by atoms with Crippen LogP contribution >= 0.6 is 11.8 Å². The quantitative estimate of drug-likeness (QED) is 0.338. The Bertz CT molecular complexity index is 1300. The molecule has 1 aromatic heterocycles. The fourth-order valence-electron chi connectivity index (χ4n) is 3.42. The highest BCUT2D eigenvalue weighted by atomic mass is 32.2. The van der Waals surface area contributed by atoms with Crippen molar-refractivity contribution in [1.82, 2.24) is 14.9 Å². The van der Waals surface area contributed by atoms with Gasteiger partial charge in [0, 0.05) is 6.07 Å². The second kappa shape index (κ2) is 9.70. The summed E-state index contributed by atoms with van der Waals surface area (Å²) in [6.07, 6.45) is 0. The summed E-state index contributed by atoms with van der Waals surface area (Å²) in [7, 11) is 1.58. The van der Waals surface area contributed by atoms with Gasteiger partial charge in [0.15, 0.2) is 5.16 Å². The lowest BCUT2D eigenvalue weighted by atomic mass is 10.1. The van der Waals surface area contributed by atoms with Crippen LogP contribution in [0.25, 0.3) is 16.6 Å². The molecule has 0 aliphatic heterocycles. The van der Waals surface area contributed by atoms with Crippen LogP contribution in [0.1, 0.15) is 18.5 Å². The molecule has 4 aromatic rings. The van der Waals surface area contributed by atoms with Crippen molar-refractivity contribution >= 4 is 28.6 Å². The molecule has 0 radical (unpaired) electrons. The van der Waals surface area contributed by atoms with E-state index in [0.29, 0.717) is 27.5 Å². The number of methoxy groups -OCH3 is 1. The number of hydrogen-bond acceptors (Lipinski definition) is 5. The highest BCUT2D eigenvalue weighted by molar-refractivity contribution is 7.99. The van der Waals surface area contributed by atoms with Crippen molar-refractivity contribution < 1.29 is 9.53 Å². The number of hydrogen-bond donors (Lipinski definition) is 1. The van der Waals surface area contributed by atoms with Crippen LogP contribution in [0.15, 0.2) is 88.8 Å². The standard InChI is InChI=1S/C25H23N3O3S/c1-17(18-9-4-3-5-10-18)26-23(29)16-32-25-27-22-14-7-6-13-21(22)24(30)28(25)19-11-8-12-20(15-19)31-2/h3-15,17H,16H2,1-2H3,(H,26,29). The van der Waals surface area contributed by atoms with E-state index in [1.807, 2.05) is 67.6 Å². The molecule has 0 bridgehead atoms. The van der Waals surface area contributed by atoms with Gasteiger partial charge in [-0.2, -0.15) is 0 Å². The third kappa shape index (κ3) is 4.68. The van der Waals surface area contributed by atoms with Crippen LogP contribution in [0.4, 0.5) is 0 Å². The second-order valence-corrected chi connectivity index (χ2v) is 8.18. The molecule has 162 valence electrons. The first kappa shape index (κ1) is 21.6. The first-order chi connectivity index (χ1) is 15.6. The number of para-hydroxylation sites is 1. The van der Waals surface area contributed by atoms with Crippen LogP contribution < -0.4 is 15.6 Å². The Balaban J connectivity index is 1.64. The zero-order valence-electron chi connectivity index (χ0n) is 17.8. The van der Waals surface area contributed by atoms with E-state index in [1.165, 1.54) is 16.3 Å². The van der Waals surface area contributed by atoms with Crippen LogP contribution in [0.3, 0.4) is 0 Å². The number of amides is 1. The first-order valence-electron chi connectivity index (χ1n) is 10.2. The summed E-state index contributed by atoms with van der Waals surface area (Å²) in [6, 6.07) is 24.1. The molecule has 6 nitrogen and oxygen atoms in total. The number of nitrogens with zero attached hydrogens (tertiary/aromatic N) is 2. The molecule has 0 saturated carbocycles. The van der Waals surface area contributed by atoms with Crippen molar-refractivity contribution in [3.63, 3.8) is 0 Å². The summed E-state index contributed by atoms with van der Waals surface area (Å²) in [5.74, 6) is 0.630. The smallest absolute Gasteiger partial charge is 0.266 e. The zero-order valence-corrected chi connectivity index (χ0v) is 18.6. The van der Waals surface area contributed by atoms with Crippen molar-refractivity contribution in [2.45, 2.75) is 18.1 Å². The zero-order chi connectivity index (χ0) is 22.5. The summed E-state index contributed by atoms with van der Waals surface area (Å²) in [5, 5.41) is 3.96. The lowest BCUT2D eigenvalue weighted by Gasteiger charge is -2.16. The van der Waals surface area contributed by atoms with E-state index < -0.39 is 0 Å². The van der Waals surface area contributed by atoms with Gasteiger partial charge in [0.1, 0.15) is 5.75 Å². The fraction of sp³-hybridized carbons (Fsp3) is 0.160. The predicted molar refractivity (Wildman–Crippen MR) is 128 cm³/mol. The van der Waals surface area contributed by atoms with E-state index in [1.54, 1.807) is 25.3 Å². The van der Waals surface area contributed by atoms with Crippen LogP contribution in [-0.2, 0) is 4.79 Å². The molecule has 1 atom stereocenters. The number of aromatic nitrogens is 2. The minimum absolute atomic E-state index is 0.116. The minimum Gasteiger partial charge on any atom is -0.497 e. The molecule has 1 amide bonds. The highest BCUT2D eigenvalue weighted by Crippen LogP contribution is 2.24. The van der Waals surface area contributed by atoms with Crippen molar-refractivity contribution in [3.8, 4) is 11.4 Å². The van der Waals surface area contributed by atoms with Crippen molar-refractivity contribution in [2.24, 2.45) is 0 Å².